The van der Waals surface area contributed by atoms with Crippen molar-refractivity contribution < 1.29 is 19.4 Å². The third kappa shape index (κ3) is 3.22. The van der Waals surface area contributed by atoms with Gasteiger partial charge < -0.3 is 9.84 Å². The Balaban J connectivity index is 2.72. The second-order valence-corrected chi connectivity index (χ2v) is 4.07. The number of ether oxygens (including phenoxy) is 1. The first-order chi connectivity index (χ1) is 7.16. The third-order valence-electron chi connectivity index (χ3n) is 3.09. The molecular formula is C11H18O4. The Hall–Kier alpha value is -1.06. The van der Waals surface area contributed by atoms with E-state index in [4.69, 9.17) is 5.11 Å². The Morgan fingerprint density at radius 1 is 1.07 bits per heavy atom. The van der Waals surface area contributed by atoms with Crippen LogP contribution >= 0.6 is 0 Å². The van der Waals surface area contributed by atoms with Crippen LogP contribution in [0.15, 0.2) is 0 Å². The van der Waals surface area contributed by atoms with Crippen LogP contribution in [0.3, 0.4) is 0 Å². The Morgan fingerprint density at radius 2 is 1.60 bits per heavy atom. The Labute approximate surface area is 89.6 Å². The van der Waals surface area contributed by atoms with Gasteiger partial charge in [-0.05, 0) is 12.8 Å². The first kappa shape index (κ1) is 12.0. The molecule has 15 heavy (non-hydrogen) atoms. The minimum absolute atomic E-state index is 0.371. The first-order valence-electron chi connectivity index (χ1n) is 5.47. The van der Waals surface area contributed by atoms with Crippen LogP contribution in [0.4, 0.5) is 0 Å². The van der Waals surface area contributed by atoms with Gasteiger partial charge in [-0.25, -0.2) is 0 Å². The van der Waals surface area contributed by atoms with Crippen molar-refractivity contribution in [2.24, 2.45) is 11.8 Å². The van der Waals surface area contributed by atoms with E-state index in [1.807, 2.05) is 0 Å². The smallest absolute Gasteiger partial charge is 0.309 e. The standard InChI is InChI=1S/C11H18O4/c1-15-11(14)9-7-5-3-2-4-6-8(9)10(12)13/h8-9H,2-7H2,1H3,(H,12,13)/t8-,9+/m0/s1. The van der Waals surface area contributed by atoms with E-state index in [-0.39, 0.29) is 5.97 Å². The summed E-state index contributed by atoms with van der Waals surface area (Å²) in [5.41, 5.74) is 0. The molecule has 1 aliphatic carbocycles. The number of rotatable bonds is 2. The number of hydrogen-bond donors (Lipinski definition) is 1. The van der Waals surface area contributed by atoms with E-state index in [1.54, 1.807) is 0 Å². The minimum atomic E-state index is -0.868. The van der Waals surface area contributed by atoms with Gasteiger partial charge >= 0.3 is 11.9 Å². The molecule has 86 valence electrons. The number of aliphatic carboxylic acids is 1. The second-order valence-electron chi connectivity index (χ2n) is 4.07. The average Bonchev–Trinajstić information content (AvgIpc) is 2.16. The summed E-state index contributed by atoms with van der Waals surface area (Å²) in [6, 6.07) is 0. The highest BCUT2D eigenvalue weighted by molar-refractivity contribution is 5.81. The Morgan fingerprint density at radius 3 is 2.07 bits per heavy atom. The lowest BCUT2D eigenvalue weighted by Gasteiger charge is -2.23. The van der Waals surface area contributed by atoms with Crippen molar-refractivity contribution in [3.8, 4) is 0 Å². The monoisotopic (exact) mass is 214 g/mol. The topological polar surface area (TPSA) is 63.6 Å². The SMILES string of the molecule is COC(=O)[C@@H]1CCCCCC[C@@H]1C(=O)O. The fourth-order valence-corrected chi connectivity index (χ4v) is 2.21. The Kier molecular flexibility index (Phi) is 4.59. The zero-order valence-corrected chi connectivity index (χ0v) is 9.07. The predicted octanol–water partition coefficient (Wildman–Crippen LogP) is 1.83. The predicted molar refractivity (Wildman–Crippen MR) is 54.3 cm³/mol. The molecule has 0 aliphatic heterocycles. The molecular weight excluding hydrogens is 196 g/mol. The number of carbonyl (C=O) groups excluding carboxylic acids is 1. The highest BCUT2D eigenvalue weighted by Crippen LogP contribution is 2.29. The number of hydrogen-bond acceptors (Lipinski definition) is 3. The van der Waals surface area contributed by atoms with E-state index in [0.717, 1.165) is 25.7 Å². The summed E-state index contributed by atoms with van der Waals surface area (Å²) in [5.74, 6) is -2.25. The van der Waals surface area contributed by atoms with Crippen LogP contribution in [-0.4, -0.2) is 24.2 Å². The molecule has 0 aromatic rings. The van der Waals surface area contributed by atoms with Crippen molar-refractivity contribution in [3.05, 3.63) is 0 Å². The summed E-state index contributed by atoms with van der Waals surface area (Å²) in [4.78, 5) is 22.5. The van der Waals surface area contributed by atoms with Crippen molar-refractivity contribution in [1.82, 2.24) is 0 Å². The van der Waals surface area contributed by atoms with Crippen molar-refractivity contribution >= 4 is 11.9 Å². The summed E-state index contributed by atoms with van der Waals surface area (Å²) in [7, 11) is 1.32. The minimum Gasteiger partial charge on any atom is -0.481 e. The lowest BCUT2D eigenvalue weighted by molar-refractivity contribution is -0.156. The van der Waals surface area contributed by atoms with E-state index < -0.39 is 17.8 Å². The number of carbonyl (C=O) groups is 2. The zero-order valence-electron chi connectivity index (χ0n) is 9.07. The molecule has 0 aromatic carbocycles. The number of esters is 1. The average molecular weight is 214 g/mol. The fraction of sp³-hybridized carbons (Fsp3) is 0.818. The maximum Gasteiger partial charge on any atom is 0.309 e. The maximum absolute atomic E-state index is 11.5. The number of carboxylic acids is 1. The van der Waals surface area contributed by atoms with Crippen LogP contribution in [0.1, 0.15) is 38.5 Å². The lowest BCUT2D eigenvalue weighted by atomic mass is 9.82. The summed E-state index contributed by atoms with van der Waals surface area (Å²) in [6.45, 7) is 0. The highest BCUT2D eigenvalue weighted by Gasteiger charge is 2.34. The fourth-order valence-electron chi connectivity index (χ4n) is 2.21. The molecule has 1 saturated carbocycles. The van der Waals surface area contributed by atoms with Crippen molar-refractivity contribution in [2.45, 2.75) is 38.5 Å². The van der Waals surface area contributed by atoms with Gasteiger partial charge in [0, 0.05) is 0 Å². The van der Waals surface area contributed by atoms with E-state index in [1.165, 1.54) is 7.11 Å². The zero-order chi connectivity index (χ0) is 11.3. The van der Waals surface area contributed by atoms with Crippen LogP contribution < -0.4 is 0 Å². The molecule has 1 rings (SSSR count). The van der Waals surface area contributed by atoms with E-state index >= 15 is 0 Å². The second kappa shape index (κ2) is 5.73. The summed E-state index contributed by atoms with van der Waals surface area (Å²) < 4.78 is 4.66. The number of carboxylic acid groups (broad SMARTS) is 1. The molecule has 1 N–H and O–H groups in total. The van der Waals surface area contributed by atoms with Gasteiger partial charge in [0.2, 0.25) is 0 Å². The van der Waals surface area contributed by atoms with Gasteiger partial charge in [-0.1, -0.05) is 25.7 Å². The molecule has 0 unspecified atom stereocenters. The maximum atomic E-state index is 11.5. The van der Waals surface area contributed by atoms with Gasteiger partial charge in [0.05, 0.1) is 18.9 Å². The normalized spacial score (nSPS) is 27.5. The molecule has 1 aliphatic rings. The van der Waals surface area contributed by atoms with Crippen LogP contribution in [0.2, 0.25) is 0 Å². The molecule has 0 bridgehead atoms. The van der Waals surface area contributed by atoms with Gasteiger partial charge in [0.15, 0.2) is 0 Å². The van der Waals surface area contributed by atoms with Gasteiger partial charge in [-0.2, -0.15) is 0 Å². The molecule has 0 aromatic heterocycles. The van der Waals surface area contributed by atoms with Crippen molar-refractivity contribution in [1.29, 1.82) is 0 Å². The summed E-state index contributed by atoms with van der Waals surface area (Å²) >= 11 is 0. The first-order valence-corrected chi connectivity index (χ1v) is 5.47. The summed E-state index contributed by atoms with van der Waals surface area (Å²) in [6.07, 6.45) is 5.20. The molecule has 4 heteroatoms. The largest absolute Gasteiger partial charge is 0.481 e. The van der Waals surface area contributed by atoms with Gasteiger partial charge in [0.25, 0.3) is 0 Å². The van der Waals surface area contributed by atoms with Crippen LogP contribution in [0.5, 0.6) is 0 Å². The van der Waals surface area contributed by atoms with Gasteiger partial charge in [-0.15, -0.1) is 0 Å². The third-order valence-corrected chi connectivity index (χ3v) is 3.09. The molecule has 0 amide bonds. The van der Waals surface area contributed by atoms with Crippen LogP contribution in [0, 0.1) is 11.8 Å². The van der Waals surface area contributed by atoms with Gasteiger partial charge in [-0.3, -0.25) is 9.59 Å². The summed E-state index contributed by atoms with van der Waals surface area (Å²) in [5, 5.41) is 9.06. The molecule has 1 fully saturated rings. The van der Waals surface area contributed by atoms with E-state index in [0.29, 0.717) is 12.8 Å². The van der Waals surface area contributed by atoms with Crippen molar-refractivity contribution in [3.63, 3.8) is 0 Å². The quantitative estimate of drug-likeness (QED) is 0.712. The molecule has 4 nitrogen and oxygen atoms in total. The molecule has 0 radical (unpaired) electrons. The van der Waals surface area contributed by atoms with Crippen LogP contribution in [-0.2, 0) is 14.3 Å². The molecule has 0 saturated heterocycles. The van der Waals surface area contributed by atoms with Crippen LogP contribution in [0.25, 0.3) is 0 Å². The van der Waals surface area contributed by atoms with E-state index in [2.05, 4.69) is 4.74 Å². The molecule has 2 atom stereocenters. The molecule has 0 heterocycles. The lowest BCUT2D eigenvalue weighted by Crippen LogP contribution is -2.31. The molecule has 0 spiro atoms. The van der Waals surface area contributed by atoms with Gasteiger partial charge in [0.1, 0.15) is 0 Å². The highest BCUT2D eigenvalue weighted by atomic mass is 16.5. The number of methoxy groups -OCH3 is 1. The van der Waals surface area contributed by atoms with Crippen molar-refractivity contribution in [2.75, 3.05) is 7.11 Å². The van der Waals surface area contributed by atoms with E-state index in [9.17, 15) is 9.59 Å². The Bertz CT molecular complexity index is 237.